The summed E-state index contributed by atoms with van der Waals surface area (Å²) in [4.78, 5) is 16.3. The summed E-state index contributed by atoms with van der Waals surface area (Å²) in [6, 6.07) is 21.9. The molecule has 0 aliphatic rings. The van der Waals surface area contributed by atoms with E-state index in [0.29, 0.717) is 28.4 Å². The first-order valence-electron chi connectivity index (χ1n) is 9.13. The van der Waals surface area contributed by atoms with Crippen LogP contribution in [0, 0.1) is 11.3 Å². The van der Waals surface area contributed by atoms with E-state index in [1.165, 1.54) is 17.8 Å². The summed E-state index contributed by atoms with van der Waals surface area (Å²) in [6.45, 7) is 0. The standard InChI is InChI=1S/C24H16N2O3S.Na/c25-13-16-9-10-21(20-8-4-3-6-18(16)20)29-22-14-26-12-11-23(22)30-15-17-5-1-2-7-19(17)24(27)28;/h1-12,14H,15H2,(H,27,28);/q;+1/p-1. The van der Waals surface area contributed by atoms with E-state index >= 15 is 0 Å². The van der Waals surface area contributed by atoms with Crippen LogP contribution in [0.1, 0.15) is 21.5 Å². The molecule has 0 saturated carbocycles. The number of pyridine rings is 1. The van der Waals surface area contributed by atoms with Gasteiger partial charge in [-0.2, -0.15) is 5.26 Å². The van der Waals surface area contributed by atoms with Gasteiger partial charge in [0, 0.05) is 28.3 Å². The van der Waals surface area contributed by atoms with E-state index in [-0.39, 0.29) is 35.1 Å². The van der Waals surface area contributed by atoms with Gasteiger partial charge in [0.1, 0.15) is 5.75 Å². The summed E-state index contributed by atoms with van der Waals surface area (Å²) in [5.41, 5.74) is 1.44. The quantitative estimate of drug-likeness (QED) is 0.338. The molecule has 4 aromatic rings. The van der Waals surface area contributed by atoms with Gasteiger partial charge in [-0.15, -0.1) is 11.8 Å². The van der Waals surface area contributed by atoms with Crippen molar-refractivity contribution < 1.29 is 44.2 Å². The number of fused-ring (bicyclic) bond motifs is 1. The number of rotatable bonds is 6. The maximum atomic E-state index is 11.3. The van der Waals surface area contributed by atoms with Crippen molar-refractivity contribution in [2.24, 2.45) is 0 Å². The molecule has 146 valence electrons. The minimum atomic E-state index is -1.19. The molecule has 0 saturated heterocycles. The summed E-state index contributed by atoms with van der Waals surface area (Å²) >= 11 is 1.46. The molecule has 0 N–H and O–H groups in total. The Morgan fingerprint density at radius 2 is 1.74 bits per heavy atom. The largest absolute Gasteiger partial charge is 1.00 e. The number of carbonyl (C=O) groups is 1. The molecule has 0 atom stereocenters. The number of carboxylic acid groups (broad SMARTS) is 1. The zero-order chi connectivity index (χ0) is 20.9. The van der Waals surface area contributed by atoms with Gasteiger partial charge >= 0.3 is 29.6 Å². The van der Waals surface area contributed by atoms with Crippen LogP contribution in [-0.2, 0) is 5.75 Å². The van der Waals surface area contributed by atoms with Gasteiger partial charge in [-0.25, -0.2) is 0 Å². The van der Waals surface area contributed by atoms with Crippen LogP contribution in [0.2, 0.25) is 0 Å². The van der Waals surface area contributed by atoms with Crippen molar-refractivity contribution in [3.05, 3.63) is 95.8 Å². The average Bonchev–Trinajstić information content (AvgIpc) is 2.79. The van der Waals surface area contributed by atoms with Crippen molar-refractivity contribution in [1.29, 1.82) is 5.26 Å². The molecular weight excluding hydrogens is 419 g/mol. The van der Waals surface area contributed by atoms with E-state index in [1.54, 1.807) is 42.7 Å². The number of carboxylic acids is 1. The summed E-state index contributed by atoms with van der Waals surface area (Å²) in [5, 5.41) is 22.3. The van der Waals surface area contributed by atoms with Crippen molar-refractivity contribution >= 4 is 28.5 Å². The number of ether oxygens (including phenoxy) is 1. The SMILES string of the molecule is N#Cc1ccc(Oc2cnccc2SCc2ccccc2C(=O)[O-])c2ccccc12.[Na+]. The number of benzene rings is 3. The second kappa shape index (κ2) is 10.5. The predicted molar refractivity (Wildman–Crippen MR) is 113 cm³/mol. The van der Waals surface area contributed by atoms with E-state index < -0.39 is 5.97 Å². The molecule has 0 spiro atoms. The van der Waals surface area contributed by atoms with Crippen LogP contribution in [0.5, 0.6) is 11.5 Å². The molecule has 5 nitrogen and oxygen atoms in total. The fraction of sp³-hybridized carbons (Fsp3) is 0.0417. The number of hydrogen-bond donors (Lipinski definition) is 0. The van der Waals surface area contributed by atoms with Gasteiger partial charge < -0.3 is 14.6 Å². The van der Waals surface area contributed by atoms with Gasteiger partial charge in [0.2, 0.25) is 0 Å². The summed E-state index contributed by atoms with van der Waals surface area (Å²) in [7, 11) is 0. The fourth-order valence-electron chi connectivity index (χ4n) is 3.14. The zero-order valence-electron chi connectivity index (χ0n) is 16.7. The van der Waals surface area contributed by atoms with Gasteiger partial charge in [0.25, 0.3) is 0 Å². The summed E-state index contributed by atoms with van der Waals surface area (Å²) in [5.74, 6) is 0.429. The van der Waals surface area contributed by atoms with Crippen molar-refractivity contribution in [3.8, 4) is 17.6 Å². The Morgan fingerprint density at radius 1 is 1.00 bits per heavy atom. The number of aromatic carboxylic acids is 1. The first-order chi connectivity index (χ1) is 14.7. The molecule has 4 rings (SSSR count). The van der Waals surface area contributed by atoms with Crippen molar-refractivity contribution in [2.75, 3.05) is 0 Å². The molecule has 1 aromatic heterocycles. The van der Waals surface area contributed by atoms with Crippen LogP contribution >= 0.6 is 11.8 Å². The van der Waals surface area contributed by atoms with Gasteiger partial charge in [-0.05, 0) is 23.8 Å². The van der Waals surface area contributed by atoms with Crippen LogP contribution in [0.25, 0.3) is 10.8 Å². The van der Waals surface area contributed by atoms with Gasteiger partial charge in [0.05, 0.1) is 28.7 Å². The van der Waals surface area contributed by atoms with Crippen molar-refractivity contribution in [3.63, 3.8) is 0 Å². The first-order valence-corrected chi connectivity index (χ1v) is 10.1. The van der Waals surface area contributed by atoms with Crippen molar-refractivity contribution in [1.82, 2.24) is 4.98 Å². The minimum absolute atomic E-state index is 0. The Labute approximate surface area is 206 Å². The normalized spacial score (nSPS) is 10.2. The second-order valence-corrected chi connectivity index (χ2v) is 7.44. The Morgan fingerprint density at radius 3 is 2.52 bits per heavy atom. The maximum absolute atomic E-state index is 11.3. The monoisotopic (exact) mass is 434 g/mol. The molecule has 31 heavy (non-hydrogen) atoms. The van der Waals surface area contributed by atoms with Crippen LogP contribution in [0.3, 0.4) is 0 Å². The number of nitrogens with zero attached hydrogens (tertiary/aromatic N) is 2. The molecule has 0 radical (unpaired) electrons. The Hall–Kier alpha value is -2.82. The van der Waals surface area contributed by atoms with Gasteiger partial charge in [-0.1, -0.05) is 48.5 Å². The average molecular weight is 434 g/mol. The van der Waals surface area contributed by atoms with Crippen LogP contribution in [0.4, 0.5) is 0 Å². The van der Waals surface area contributed by atoms with Crippen LogP contribution in [0.15, 0.2) is 84.0 Å². The van der Waals surface area contributed by atoms with E-state index in [4.69, 9.17) is 4.74 Å². The topological polar surface area (TPSA) is 86.0 Å². The number of carbonyl (C=O) groups excluding carboxylic acids is 1. The predicted octanol–water partition coefficient (Wildman–Crippen LogP) is 1.56. The summed E-state index contributed by atoms with van der Waals surface area (Å²) < 4.78 is 6.17. The molecule has 0 aliphatic heterocycles. The first kappa shape index (κ1) is 22.9. The number of hydrogen-bond acceptors (Lipinski definition) is 6. The van der Waals surface area contributed by atoms with Gasteiger partial charge in [0.15, 0.2) is 5.75 Å². The van der Waals surface area contributed by atoms with Crippen LogP contribution in [-0.4, -0.2) is 11.0 Å². The van der Waals surface area contributed by atoms with Gasteiger partial charge in [-0.3, -0.25) is 4.98 Å². The molecule has 1 heterocycles. The summed E-state index contributed by atoms with van der Waals surface area (Å²) in [6.07, 6.45) is 3.29. The molecule has 3 aromatic carbocycles. The smallest absolute Gasteiger partial charge is 0.545 e. The van der Waals surface area contributed by atoms with Crippen LogP contribution < -0.4 is 39.4 Å². The minimum Gasteiger partial charge on any atom is -0.545 e. The van der Waals surface area contributed by atoms with Crippen molar-refractivity contribution in [2.45, 2.75) is 10.6 Å². The zero-order valence-corrected chi connectivity index (χ0v) is 19.6. The molecule has 7 heteroatoms. The van der Waals surface area contributed by atoms with E-state index in [1.807, 2.05) is 30.3 Å². The molecule has 0 bridgehead atoms. The third-order valence-electron chi connectivity index (χ3n) is 4.59. The molecule has 0 fully saturated rings. The van der Waals surface area contributed by atoms with E-state index in [0.717, 1.165) is 15.7 Å². The molecule has 0 aliphatic carbocycles. The number of nitriles is 1. The number of thioether (sulfide) groups is 1. The molecule has 0 amide bonds. The van der Waals surface area contributed by atoms with E-state index in [9.17, 15) is 15.2 Å². The fourth-order valence-corrected chi connectivity index (χ4v) is 4.10. The molecule has 0 unspecified atom stereocenters. The second-order valence-electron chi connectivity index (χ2n) is 6.43. The number of aromatic nitrogens is 1. The maximum Gasteiger partial charge on any atom is 1.00 e. The Bertz CT molecular complexity index is 1290. The van der Waals surface area contributed by atoms with E-state index in [2.05, 4.69) is 11.1 Å². The third kappa shape index (κ3) is 5.09. The third-order valence-corrected chi connectivity index (χ3v) is 5.70. The Kier molecular flexibility index (Phi) is 7.72. The Balaban J connectivity index is 0.00000272. The molecular formula is C24H15N2NaO3S.